The highest BCUT2D eigenvalue weighted by atomic mass is 16.3. The molecule has 1 rings (SSSR count). The number of aryl methyl sites for hydroxylation is 1. The van der Waals surface area contributed by atoms with E-state index in [2.05, 4.69) is 10.3 Å². The van der Waals surface area contributed by atoms with Crippen LogP contribution in [-0.4, -0.2) is 26.8 Å². The number of rotatable bonds is 5. The van der Waals surface area contributed by atoms with Gasteiger partial charge in [-0.3, -0.25) is 0 Å². The maximum atomic E-state index is 9.47. The van der Waals surface area contributed by atoms with E-state index >= 15 is 0 Å². The molecule has 0 bridgehead atoms. The first-order chi connectivity index (χ1) is 6.49. The molecule has 4 nitrogen and oxygen atoms in total. The summed E-state index contributed by atoms with van der Waals surface area (Å²) in [6.07, 6.45) is 4.46. The first-order valence-electron chi connectivity index (χ1n) is 4.88. The predicted molar refractivity (Wildman–Crippen MR) is 55.8 cm³/mol. The number of aromatic nitrogens is 2. The third-order valence-corrected chi connectivity index (χ3v) is 2.12. The molecule has 0 radical (unpaired) electrons. The Hall–Kier alpha value is -0.870. The van der Waals surface area contributed by atoms with Crippen LogP contribution in [0.2, 0.25) is 0 Å². The van der Waals surface area contributed by atoms with E-state index in [-0.39, 0.29) is 0 Å². The molecule has 0 fully saturated rings. The highest BCUT2D eigenvalue weighted by Crippen LogP contribution is 2.05. The van der Waals surface area contributed by atoms with E-state index in [1.807, 2.05) is 31.7 Å². The molecule has 0 aromatic carbocycles. The molecule has 1 aromatic heterocycles. The Kier molecular flexibility index (Phi) is 3.66. The lowest BCUT2D eigenvalue weighted by atomic mass is 10.1. The van der Waals surface area contributed by atoms with Crippen LogP contribution in [0.25, 0.3) is 0 Å². The zero-order valence-electron chi connectivity index (χ0n) is 9.12. The number of hydrogen-bond acceptors (Lipinski definition) is 3. The van der Waals surface area contributed by atoms with Crippen molar-refractivity contribution in [2.45, 2.75) is 32.4 Å². The lowest BCUT2D eigenvalue weighted by Gasteiger charge is -2.16. The van der Waals surface area contributed by atoms with Gasteiger partial charge in [-0.2, -0.15) is 0 Å². The van der Waals surface area contributed by atoms with Gasteiger partial charge in [0.1, 0.15) is 5.82 Å². The second-order valence-electron chi connectivity index (χ2n) is 4.19. The summed E-state index contributed by atoms with van der Waals surface area (Å²) in [5.41, 5.74) is -0.589. The van der Waals surface area contributed by atoms with Crippen LogP contribution < -0.4 is 5.32 Å². The van der Waals surface area contributed by atoms with Gasteiger partial charge in [0, 0.05) is 19.4 Å². The normalized spacial score (nSPS) is 12.0. The van der Waals surface area contributed by atoms with Crippen LogP contribution >= 0.6 is 0 Å². The van der Waals surface area contributed by atoms with Gasteiger partial charge in [-0.1, -0.05) is 0 Å². The topological polar surface area (TPSA) is 50.1 Å². The number of nitrogens with one attached hydrogen (secondary N) is 1. The number of nitrogens with zero attached hydrogens (tertiary/aromatic N) is 2. The van der Waals surface area contributed by atoms with Crippen molar-refractivity contribution in [2.24, 2.45) is 7.05 Å². The van der Waals surface area contributed by atoms with Gasteiger partial charge in [-0.05, 0) is 26.8 Å². The number of imidazole rings is 1. The fourth-order valence-corrected chi connectivity index (χ4v) is 1.16. The van der Waals surface area contributed by atoms with Crippen LogP contribution in [0.1, 0.15) is 26.1 Å². The highest BCUT2D eigenvalue weighted by molar-refractivity contribution is 4.90. The van der Waals surface area contributed by atoms with Crippen molar-refractivity contribution in [3.8, 4) is 0 Å². The number of hydrogen-bond donors (Lipinski definition) is 2. The minimum atomic E-state index is -0.589. The van der Waals surface area contributed by atoms with Crippen LogP contribution in [-0.2, 0) is 13.6 Å². The smallest absolute Gasteiger partial charge is 0.122 e. The minimum Gasteiger partial charge on any atom is -0.390 e. The Morgan fingerprint density at radius 2 is 2.29 bits per heavy atom. The summed E-state index contributed by atoms with van der Waals surface area (Å²) in [5, 5.41) is 12.7. The zero-order valence-corrected chi connectivity index (χ0v) is 9.12. The molecular weight excluding hydrogens is 178 g/mol. The Balaban J connectivity index is 2.20. The van der Waals surface area contributed by atoms with E-state index in [9.17, 15) is 5.11 Å². The van der Waals surface area contributed by atoms with Gasteiger partial charge in [0.25, 0.3) is 0 Å². The average Bonchev–Trinajstić information content (AvgIpc) is 2.44. The molecule has 0 unspecified atom stereocenters. The fourth-order valence-electron chi connectivity index (χ4n) is 1.16. The summed E-state index contributed by atoms with van der Waals surface area (Å²) in [7, 11) is 1.97. The summed E-state index contributed by atoms with van der Waals surface area (Å²) in [4.78, 5) is 4.19. The summed E-state index contributed by atoms with van der Waals surface area (Å²) in [6, 6.07) is 0. The maximum absolute atomic E-state index is 9.47. The van der Waals surface area contributed by atoms with Crippen LogP contribution in [0.5, 0.6) is 0 Å². The van der Waals surface area contributed by atoms with Crippen molar-refractivity contribution in [2.75, 3.05) is 6.54 Å². The van der Waals surface area contributed by atoms with Crippen molar-refractivity contribution in [3.05, 3.63) is 18.2 Å². The molecule has 14 heavy (non-hydrogen) atoms. The summed E-state index contributed by atoms with van der Waals surface area (Å²) < 4.78 is 1.98. The van der Waals surface area contributed by atoms with E-state index in [1.165, 1.54) is 0 Å². The standard InChI is InChI=1S/C10H19N3O/c1-10(2,14)4-5-11-8-9-12-6-7-13(9)3/h6-7,11,14H,4-5,8H2,1-3H3. The second kappa shape index (κ2) is 4.57. The molecule has 0 atom stereocenters. The molecule has 2 N–H and O–H groups in total. The van der Waals surface area contributed by atoms with Crippen molar-refractivity contribution in [1.82, 2.24) is 14.9 Å². The van der Waals surface area contributed by atoms with Gasteiger partial charge in [0.15, 0.2) is 0 Å². The molecule has 0 aliphatic carbocycles. The molecule has 0 spiro atoms. The van der Waals surface area contributed by atoms with Crippen LogP contribution in [0, 0.1) is 0 Å². The summed E-state index contributed by atoms with van der Waals surface area (Å²) in [6.45, 7) is 5.18. The van der Waals surface area contributed by atoms with Gasteiger partial charge in [0.2, 0.25) is 0 Å². The van der Waals surface area contributed by atoms with Gasteiger partial charge >= 0.3 is 0 Å². The summed E-state index contributed by atoms with van der Waals surface area (Å²) in [5.74, 6) is 1.01. The van der Waals surface area contributed by atoms with Crippen molar-refractivity contribution >= 4 is 0 Å². The lowest BCUT2D eigenvalue weighted by Crippen LogP contribution is -2.27. The largest absolute Gasteiger partial charge is 0.390 e. The molecule has 1 aromatic rings. The molecule has 0 aliphatic heterocycles. The third-order valence-electron chi connectivity index (χ3n) is 2.12. The van der Waals surface area contributed by atoms with Gasteiger partial charge < -0.3 is 15.0 Å². The quantitative estimate of drug-likeness (QED) is 0.682. The molecule has 0 saturated carbocycles. The first kappa shape index (κ1) is 11.2. The summed E-state index contributed by atoms with van der Waals surface area (Å²) >= 11 is 0. The third kappa shape index (κ3) is 3.89. The molecular formula is C10H19N3O. The molecule has 1 heterocycles. The van der Waals surface area contributed by atoms with E-state index < -0.39 is 5.60 Å². The zero-order chi connectivity index (χ0) is 10.6. The monoisotopic (exact) mass is 197 g/mol. The van der Waals surface area contributed by atoms with Crippen LogP contribution in [0.3, 0.4) is 0 Å². The molecule has 0 amide bonds. The van der Waals surface area contributed by atoms with E-state index in [4.69, 9.17) is 0 Å². The van der Waals surface area contributed by atoms with E-state index in [0.717, 1.165) is 25.3 Å². The Morgan fingerprint density at radius 1 is 1.57 bits per heavy atom. The Morgan fingerprint density at radius 3 is 2.79 bits per heavy atom. The fraction of sp³-hybridized carbons (Fsp3) is 0.700. The molecule has 0 saturated heterocycles. The maximum Gasteiger partial charge on any atom is 0.122 e. The van der Waals surface area contributed by atoms with E-state index in [0.29, 0.717) is 0 Å². The predicted octanol–water partition coefficient (Wildman–Crippen LogP) is 0.671. The minimum absolute atomic E-state index is 0.589. The molecule has 4 heteroatoms. The Labute approximate surface area is 85.0 Å². The number of aliphatic hydroxyl groups is 1. The average molecular weight is 197 g/mol. The molecule has 80 valence electrons. The second-order valence-corrected chi connectivity index (χ2v) is 4.19. The molecule has 0 aliphatic rings. The van der Waals surface area contributed by atoms with Gasteiger partial charge in [-0.25, -0.2) is 4.98 Å². The SMILES string of the molecule is Cn1ccnc1CNCCC(C)(C)O. The highest BCUT2D eigenvalue weighted by Gasteiger charge is 2.11. The first-order valence-corrected chi connectivity index (χ1v) is 4.88. The van der Waals surface area contributed by atoms with E-state index in [1.54, 1.807) is 6.20 Å². The van der Waals surface area contributed by atoms with Crippen molar-refractivity contribution in [3.63, 3.8) is 0 Å². The lowest BCUT2D eigenvalue weighted by molar-refractivity contribution is 0.0710. The van der Waals surface area contributed by atoms with Crippen molar-refractivity contribution < 1.29 is 5.11 Å². The van der Waals surface area contributed by atoms with Crippen LogP contribution in [0.15, 0.2) is 12.4 Å². The van der Waals surface area contributed by atoms with Crippen LogP contribution in [0.4, 0.5) is 0 Å². The van der Waals surface area contributed by atoms with Gasteiger partial charge in [-0.15, -0.1) is 0 Å². The Bertz CT molecular complexity index is 275. The van der Waals surface area contributed by atoms with Crippen molar-refractivity contribution in [1.29, 1.82) is 0 Å². The van der Waals surface area contributed by atoms with Gasteiger partial charge in [0.05, 0.1) is 12.1 Å².